The van der Waals surface area contributed by atoms with Crippen molar-refractivity contribution in [3.05, 3.63) is 29.8 Å². The standard InChI is InChI=1S/C15H22N2O3/c1-13-2-4-14(5-3-13)20-12-15(18)16-6-7-17-8-10-19-11-9-17/h2-5H,6-12H2,1H3,(H,16,18). The molecule has 0 atom stereocenters. The number of hydrogen-bond donors (Lipinski definition) is 1. The van der Waals surface area contributed by atoms with Crippen molar-refractivity contribution < 1.29 is 14.3 Å². The number of ether oxygens (including phenoxy) is 2. The molecule has 0 bridgehead atoms. The lowest BCUT2D eigenvalue weighted by atomic mass is 10.2. The van der Waals surface area contributed by atoms with Crippen LogP contribution >= 0.6 is 0 Å². The van der Waals surface area contributed by atoms with Crippen LogP contribution in [0.4, 0.5) is 0 Å². The quantitative estimate of drug-likeness (QED) is 0.837. The van der Waals surface area contributed by atoms with Crippen LogP contribution in [0.3, 0.4) is 0 Å². The zero-order valence-corrected chi connectivity index (χ0v) is 11.9. The molecule has 5 nitrogen and oxygen atoms in total. The summed E-state index contributed by atoms with van der Waals surface area (Å²) < 4.78 is 10.7. The topological polar surface area (TPSA) is 50.8 Å². The maximum Gasteiger partial charge on any atom is 0.257 e. The maximum absolute atomic E-state index is 11.6. The Morgan fingerprint density at radius 1 is 1.30 bits per heavy atom. The highest BCUT2D eigenvalue weighted by Gasteiger charge is 2.10. The normalized spacial score (nSPS) is 15.8. The molecule has 2 rings (SSSR count). The Hall–Kier alpha value is -1.59. The summed E-state index contributed by atoms with van der Waals surface area (Å²) in [7, 11) is 0. The smallest absolute Gasteiger partial charge is 0.257 e. The Bertz CT molecular complexity index is 414. The molecule has 0 spiro atoms. The van der Waals surface area contributed by atoms with Crippen molar-refractivity contribution in [1.82, 2.24) is 10.2 Å². The van der Waals surface area contributed by atoms with Crippen LogP contribution in [-0.4, -0.2) is 56.8 Å². The second-order valence-corrected chi connectivity index (χ2v) is 4.91. The molecular formula is C15H22N2O3. The largest absolute Gasteiger partial charge is 0.484 e. The van der Waals surface area contributed by atoms with Gasteiger partial charge in [-0.1, -0.05) is 17.7 Å². The number of nitrogens with one attached hydrogen (secondary N) is 1. The molecule has 1 fully saturated rings. The number of amides is 1. The minimum atomic E-state index is -0.0844. The first-order chi connectivity index (χ1) is 9.74. The van der Waals surface area contributed by atoms with Crippen LogP contribution in [0.5, 0.6) is 5.75 Å². The summed E-state index contributed by atoms with van der Waals surface area (Å²) in [4.78, 5) is 13.9. The number of hydrogen-bond acceptors (Lipinski definition) is 4. The van der Waals surface area contributed by atoms with E-state index in [1.807, 2.05) is 31.2 Å². The van der Waals surface area contributed by atoms with Gasteiger partial charge in [-0.3, -0.25) is 9.69 Å². The predicted molar refractivity (Wildman–Crippen MR) is 76.9 cm³/mol. The van der Waals surface area contributed by atoms with Gasteiger partial charge in [-0.25, -0.2) is 0 Å². The van der Waals surface area contributed by atoms with Gasteiger partial charge in [-0.05, 0) is 19.1 Å². The highest BCUT2D eigenvalue weighted by Crippen LogP contribution is 2.10. The molecule has 0 radical (unpaired) electrons. The lowest BCUT2D eigenvalue weighted by Gasteiger charge is -2.26. The number of nitrogens with zero attached hydrogens (tertiary/aromatic N) is 1. The van der Waals surface area contributed by atoms with Crippen molar-refractivity contribution in [2.75, 3.05) is 46.0 Å². The fourth-order valence-corrected chi connectivity index (χ4v) is 2.01. The van der Waals surface area contributed by atoms with E-state index < -0.39 is 0 Å². The van der Waals surface area contributed by atoms with E-state index in [4.69, 9.17) is 9.47 Å². The van der Waals surface area contributed by atoms with Gasteiger partial charge in [0.25, 0.3) is 5.91 Å². The molecule has 1 aliphatic heterocycles. The Balaban J connectivity index is 1.59. The first kappa shape index (κ1) is 14.8. The average molecular weight is 278 g/mol. The van der Waals surface area contributed by atoms with E-state index in [1.165, 1.54) is 5.56 Å². The van der Waals surface area contributed by atoms with Crippen LogP contribution < -0.4 is 10.1 Å². The van der Waals surface area contributed by atoms with Crippen molar-refractivity contribution in [3.63, 3.8) is 0 Å². The second kappa shape index (κ2) is 7.87. The van der Waals surface area contributed by atoms with Gasteiger partial charge in [-0.15, -0.1) is 0 Å². The molecule has 1 N–H and O–H groups in total. The molecule has 5 heteroatoms. The molecule has 1 aromatic carbocycles. The van der Waals surface area contributed by atoms with Crippen LogP contribution in [-0.2, 0) is 9.53 Å². The van der Waals surface area contributed by atoms with E-state index in [0.717, 1.165) is 38.6 Å². The van der Waals surface area contributed by atoms with Crippen LogP contribution in [0.1, 0.15) is 5.56 Å². The summed E-state index contributed by atoms with van der Waals surface area (Å²) in [5, 5.41) is 2.87. The van der Waals surface area contributed by atoms with E-state index in [-0.39, 0.29) is 12.5 Å². The zero-order valence-electron chi connectivity index (χ0n) is 11.9. The lowest BCUT2D eigenvalue weighted by molar-refractivity contribution is -0.123. The molecule has 1 saturated heterocycles. The van der Waals surface area contributed by atoms with Crippen molar-refractivity contribution in [3.8, 4) is 5.75 Å². The maximum atomic E-state index is 11.6. The van der Waals surface area contributed by atoms with Gasteiger partial charge in [0.2, 0.25) is 0 Å². The number of rotatable bonds is 6. The predicted octanol–water partition coefficient (Wildman–Crippen LogP) is 0.822. The third-order valence-corrected chi connectivity index (χ3v) is 3.24. The monoisotopic (exact) mass is 278 g/mol. The summed E-state index contributed by atoms with van der Waals surface area (Å²) in [5.74, 6) is 0.637. The summed E-state index contributed by atoms with van der Waals surface area (Å²) in [6.45, 7) is 7.03. The first-order valence-corrected chi connectivity index (χ1v) is 7.00. The van der Waals surface area contributed by atoms with Gasteiger partial charge in [0, 0.05) is 26.2 Å². The number of morpholine rings is 1. The van der Waals surface area contributed by atoms with Crippen LogP contribution in [0.25, 0.3) is 0 Å². The van der Waals surface area contributed by atoms with Gasteiger partial charge in [0.05, 0.1) is 13.2 Å². The lowest BCUT2D eigenvalue weighted by Crippen LogP contribution is -2.42. The Labute approximate surface area is 119 Å². The van der Waals surface area contributed by atoms with Gasteiger partial charge in [0.1, 0.15) is 5.75 Å². The number of carbonyl (C=O) groups is 1. The molecule has 0 aromatic heterocycles. The zero-order chi connectivity index (χ0) is 14.2. The fraction of sp³-hybridized carbons (Fsp3) is 0.533. The van der Waals surface area contributed by atoms with Crippen molar-refractivity contribution in [1.29, 1.82) is 0 Å². The van der Waals surface area contributed by atoms with Crippen molar-refractivity contribution in [2.24, 2.45) is 0 Å². The first-order valence-electron chi connectivity index (χ1n) is 7.00. The van der Waals surface area contributed by atoms with E-state index in [9.17, 15) is 4.79 Å². The summed E-state index contributed by atoms with van der Waals surface area (Å²) in [6.07, 6.45) is 0. The van der Waals surface area contributed by atoms with Gasteiger partial charge >= 0.3 is 0 Å². The average Bonchev–Trinajstić information content (AvgIpc) is 2.48. The third-order valence-electron chi connectivity index (χ3n) is 3.24. The molecule has 0 saturated carbocycles. The fourth-order valence-electron chi connectivity index (χ4n) is 2.01. The molecule has 110 valence electrons. The van der Waals surface area contributed by atoms with E-state index >= 15 is 0 Å². The van der Waals surface area contributed by atoms with Crippen LogP contribution in [0, 0.1) is 6.92 Å². The summed E-state index contributed by atoms with van der Waals surface area (Å²) in [6, 6.07) is 7.67. The van der Waals surface area contributed by atoms with Crippen molar-refractivity contribution in [2.45, 2.75) is 6.92 Å². The Morgan fingerprint density at radius 2 is 2.00 bits per heavy atom. The van der Waals surface area contributed by atoms with E-state index in [0.29, 0.717) is 6.54 Å². The molecule has 1 aliphatic rings. The van der Waals surface area contributed by atoms with Gasteiger partial charge in [0.15, 0.2) is 6.61 Å². The minimum Gasteiger partial charge on any atom is -0.484 e. The minimum absolute atomic E-state index is 0.0617. The summed E-state index contributed by atoms with van der Waals surface area (Å²) >= 11 is 0. The molecule has 0 unspecified atom stereocenters. The summed E-state index contributed by atoms with van der Waals surface area (Å²) in [5.41, 5.74) is 1.17. The highest BCUT2D eigenvalue weighted by atomic mass is 16.5. The number of aryl methyl sites for hydroxylation is 1. The second-order valence-electron chi connectivity index (χ2n) is 4.91. The Kier molecular flexibility index (Phi) is 5.83. The van der Waals surface area contributed by atoms with Crippen LogP contribution in [0.15, 0.2) is 24.3 Å². The Morgan fingerprint density at radius 3 is 2.70 bits per heavy atom. The van der Waals surface area contributed by atoms with Gasteiger partial charge < -0.3 is 14.8 Å². The van der Waals surface area contributed by atoms with Crippen molar-refractivity contribution >= 4 is 5.91 Å². The molecule has 0 aliphatic carbocycles. The SMILES string of the molecule is Cc1ccc(OCC(=O)NCCN2CCOCC2)cc1. The molecular weight excluding hydrogens is 256 g/mol. The number of carbonyl (C=O) groups excluding carboxylic acids is 1. The molecule has 20 heavy (non-hydrogen) atoms. The van der Waals surface area contributed by atoms with Gasteiger partial charge in [-0.2, -0.15) is 0 Å². The number of benzene rings is 1. The molecule has 1 heterocycles. The van der Waals surface area contributed by atoms with E-state index in [1.54, 1.807) is 0 Å². The van der Waals surface area contributed by atoms with Crippen LogP contribution in [0.2, 0.25) is 0 Å². The molecule has 1 aromatic rings. The third kappa shape index (κ3) is 5.19. The highest BCUT2D eigenvalue weighted by molar-refractivity contribution is 5.77. The molecule has 1 amide bonds. The van der Waals surface area contributed by atoms with E-state index in [2.05, 4.69) is 10.2 Å².